The van der Waals surface area contributed by atoms with E-state index < -0.39 is 8.80 Å². The third-order valence-corrected chi connectivity index (χ3v) is 4.76. The van der Waals surface area contributed by atoms with E-state index >= 15 is 0 Å². The molecule has 0 aliphatic carbocycles. The Kier molecular flexibility index (Phi) is 7.34. The molecular formula is C8H21NO4Si. The molecule has 0 aromatic carbocycles. The van der Waals surface area contributed by atoms with Crippen LogP contribution in [0.5, 0.6) is 0 Å². The number of rotatable bonds is 8. The first-order chi connectivity index (χ1) is 6.64. The predicted molar refractivity (Wildman–Crippen MR) is 56.1 cm³/mol. The van der Waals surface area contributed by atoms with E-state index in [9.17, 15) is 0 Å². The minimum absolute atomic E-state index is 0.0623. The lowest BCUT2D eigenvalue weighted by atomic mass is 10.4. The molecule has 0 amide bonds. The van der Waals surface area contributed by atoms with Crippen LogP contribution in [0.4, 0.5) is 0 Å². The zero-order valence-corrected chi connectivity index (χ0v) is 10.4. The summed E-state index contributed by atoms with van der Waals surface area (Å²) in [6, 6.07) is 0.640. The lowest BCUT2D eigenvalue weighted by Crippen LogP contribution is -2.44. The van der Waals surface area contributed by atoms with Crippen molar-refractivity contribution in [3.63, 3.8) is 0 Å². The molecule has 0 spiro atoms. The molecule has 14 heavy (non-hydrogen) atoms. The average molecular weight is 223 g/mol. The zero-order chi connectivity index (χ0) is 11.0. The molecule has 5 nitrogen and oxygen atoms in total. The molecule has 0 heterocycles. The summed E-state index contributed by atoms with van der Waals surface area (Å²) in [5, 5.41) is 0. The second-order valence-electron chi connectivity index (χ2n) is 2.96. The highest BCUT2D eigenvalue weighted by atomic mass is 28.4. The van der Waals surface area contributed by atoms with E-state index in [0.29, 0.717) is 19.2 Å². The topological polar surface area (TPSA) is 62.9 Å². The number of ether oxygens (including phenoxy) is 1. The Bertz CT molecular complexity index is 135. The Morgan fingerprint density at radius 3 is 2.00 bits per heavy atom. The van der Waals surface area contributed by atoms with Gasteiger partial charge in [-0.25, -0.2) is 0 Å². The normalized spacial score (nSPS) is 14.4. The van der Waals surface area contributed by atoms with Gasteiger partial charge in [-0.3, -0.25) is 0 Å². The van der Waals surface area contributed by atoms with Gasteiger partial charge in [-0.2, -0.15) is 0 Å². The third-order valence-electron chi connectivity index (χ3n) is 2.08. The number of nitrogens with two attached hydrogens (primary N) is 1. The van der Waals surface area contributed by atoms with E-state index in [2.05, 4.69) is 0 Å². The van der Waals surface area contributed by atoms with Gasteiger partial charge in [0.25, 0.3) is 0 Å². The second kappa shape index (κ2) is 7.33. The molecular weight excluding hydrogens is 202 g/mol. The van der Waals surface area contributed by atoms with E-state index in [4.69, 9.17) is 23.7 Å². The fraction of sp³-hybridized carbons (Fsp3) is 1.00. The molecule has 0 bridgehead atoms. The second-order valence-corrected chi connectivity index (χ2v) is 6.05. The van der Waals surface area contributed by atoms with Crippen LogP contribution in [0.2, 0.25) is 6.04 Å². The lowest BCUT2D eigenvalue weighted by Gasteiger charge is -2.24. The van der Waals surface area contributed by atoms with E-state index in [-0.39, 0.29) is 6.10 Å². The molecule has 0 radical (unpaired) electrons. The van der Waals surface area contributed by atoms with Gasteiger partial charge in [-0.05, 0) is 6.92 Å². The largest absolute Gasteiger partial charge is 0.502 e. The lowest BCUT2D eigenvalue weighted by molar-refractivity contribution is 0.0617. The Hall–Kier alpha value is 0.0169. The van der Waals surface area contributed by atoms with Gasteiger partial charge in [0, 0.05) is 33.9 Å². The molecule has 1 atom stereocenters. The van der Waals surface area contributed by atoms with E-state index in [0.717, 1.165) is 0 Å². The Morgan fingerprint density at radius 1 is 1.14 bits per heavy atom. The summed E-state index contributed by atoms with van der Waals surface area (Å²) in [4.78, 5) is 0. The van der Waals surface area contributed by atoms with Crippen LogP contribution in [-0.4, -0.2) is 49.4 Å². The van der Waals surface area contributed by atoms with Crippen molar-refractivity contribution < 1.29 is 18.0 Å². The number of hydrogen-bond acceptors (Lipinski definition) is 5. The van der Waals surface area contributed by atoms with Crippen LogP contribution in [0.3, 0.4) is 0 Å². The van der Waals surface area contributed by atoms with E-state index in [1.165, 1.54) is 0 Å². The van der Waals surface area contributed by atoms with Gasteiger partial charge in [-0.15, -0.1) is 0 Å². The van der Waals surface area contributed by atoms with Crippen molar-refractivity contribution in [2.24, 2.45) is 5.73 Å². The molecule has 0 saturated heterocycles. The van der Waals surface area contributed by atoms with Crippen molar-refractivity contribution in [3.05, 3.63) is 0 Å². The first-order valence-electron chi connectivity index (χ1n) is 4.61. The molecule has 0 aliphatic rings. The highest BCUT2D eigenvalue weighted by Gasteiger charge is 2.37. The molecule has 6 heteroatoms. The van der Waals surface area contributed by atoms with Crippen LogP contribution in [0, 0.1) is 0 Å². The Morgan fingerprint density at radius 2 is 1.64 bits per heavy atom. The summed E-state index contributed by atoms with van der Waals surface area (Å²) >= 11 is 0. The van der Waals surface area contributed by atoms with Crippen LogP contribution >= 0.6 is 0 Å². The molecule has 0 fully saturated rings. The van der Waals surface area contributed by atoms with E-state index in [1.807, 2.05) is 6.92 Å². The summed E-state index contributed by atoms with van der Waals surface area (Å²) in [6.45, 7) is 2.98. The van der Waals surface area contributed by atoms with Crippen molar-refractivity contribution in [1.29, 1.82) is 0 Å². The first kappa shape index (κ1) is 14.0. The zero-order valence-electron chi connectivity index (χ0n) is 9.41. The van der Waals surface area contributed by atoms with Gasteiger partial charge in [0.2, 0.25) is 0 Å². The summed E-state index contributed by atoms with van der Waals surface area (Å²) in [5.74, 6) is 0. The quantitative estimate of drug-likeness (QED) is 0.597. The molecule has 86 valence electrons. The molecule has 0 aromatic rings. The number of hydrogen-bond donors (Lipinski definition) is 1. The highest BCUT2D eigenvalue weighted by Crippen LogP contribution is 2.12. The Balaban J connectivity index is 3.82. The maximum Gasteiger partial charge on any atom is 0.502 e. The SMILES string of the molecule is CO[Si](CCOC(C)CN)(OC)OC. The van der Waals surface area contributed by atoms with Crippen molar-refractivity contribution >= 4 is 8.80 Å². The average Bonchev–Trinajstić information content (AvgIpc) is 2.25. The molecule has 2 N–H and O–H groups in total. The van der Waals surface area contributed by atoms with Crippen molar-refractivity contribution in [2.45, 2.75) is 19.1 Å². The first-order valence-corrected chi connectivity index (χ1v) is 6.54. The molecule has 0 rings (SSSR count). The Labute approximate surface area is 86.8 Å². The van der Waals surface area contributed by atoms with Gasteiger partial charge in [0.1, 0.15) is 0 Å². The van der Waals surface area contributed by atoms with Gasteiger partial charge < -0.3 is 23.7 Å². The van der Waals surface area contributed by atoms with Gasteiger partial charge in [0.05, 0.1) is 12.7 Å². The fourth-order valence-electron chi connectivity index (χ4n) is 1.01. The monoisotopic (exact) mass is 223 g/mol. The van der Waals surface area contributed by atoms with Crippen LogP contribution < -0.4 is 5.73 Å². The van der Waals surface area contributed by atoms with Gasteiger partial charge in [-0.1, -0.05) is 0 Å². The maximum atomic E-state index is 5.42. The van der Waals surface area contributed by atoms with Crippen molar-refractivity contribution in [2.75, 3.05) is 34.5 Å². The predicted octanol–water partition coefficient (Wildman–Crippen LogP) is 0.228. The van der Waals surface area contributed by atoms with E-state index in [1.54, 1.807) is 21.3 Å². The minimum atomic E-state index is -2.46. The molecule has 1 unspecified atom stereocenters. The van der Waals surface area contributed by atoms with Crippen LogP contribution in [0.25, 0.3) is 0 Å². The third kappa shape index (κ3) is 4.49. The maximum absolute atomic E-state index is 5.42. The van der Waals surface area contributed by atoms with Crippen LogP contribution in [0.1, 0.15) is 6.92 Å². The van der Waals surface area contributed by atoms with Gasteiger partial charge >= 0.3 is 8.80 Å². The molecule has 0 aliphatic heterocycles. The van der Waals surface area contributed by atoms with Crippen LogP contribution in [-0.2, 0) is 18.0 Å². The fourth-order valence-corrected chi connectivity index (χ4v) is 2.49. The highest BCUT2D eigenvalue weighted by molar-refractivity contribution is 6.60. The summed E-state index contributed by atoms with van der Waals surface area (Å²) in [6.07, 6.45) is 0.0623. The molecule has 0 saturated carbocycles. The van der Waals surface area contributed by atoms with Crippen molar-refractivity contribution in [3.8, 4) is 0 Å². The summed E-state index contributed by atoms with van der Waals surface area (Å²) in [7, 11) is 2.30. The van der Waals surface area contributed by atoms with Crippen molar-refractivity contribution in [1.82, 2.24) is 0 Å². The minimum Gasteiger partial charge on any atom is -0.377 e. The van der Waals surface area contributed by atoms with Gasteiger partial charge in [0.15, 0.2) is 0 Å². The van der Waals surface area contributed by atoms with Crippen LogP contribution in [0.15, 0.2) is 0 Å². The summed E-state index contributed by atoms with van der Waals surface area (Å²) in [5.41, 5.74) is 5.41. The standard InChI is InChI=1S/C8H21NO4Si/c1-8(7-9)13-5-6-14(10-2,11-3)12-4/h8H,5-7,9H2,1-4H3. The summed E-state index contributed by atoms with van der Waals surface area (Å²) < 4.78 is 21.1. The molecule has 0 aromatic heterocycles. The smallest absolute Gasteiger partial charge is 0.377 e.